The molecule has 1 unspecified atom stereocenters. The van der Waals surface area contributed by atoms with Crippen LogP contribution in [0.1, 0.15) is 26.2 Å². The molecule has 0 bridgehead atoms. The summed E-state index contributed by atoms with van der Waals surface area (Å²) in [4.78, 5) is 0. The second-order valence-corrected chi connectivity index (χ2v) is 5.04. The van der Waals surface area contributed by atoms with Gasteiger partial charge in [0.2, 0.25) is 0 Å². The molecule has 4 heteroatoms. The van der Waals surface area contributed by atoms with Gasteiger partial charge in [0.1, 0.15) is 12.4 Å². The Morgan fingerprint density at radius 3 is 2.53 bits per heavy atom. The van der Waals surface area contributed by atoms with Crippen LogP contribution in [0.25, 0.3) is 0 Å². The molecule has 0 aliphatic carbocycles. The minimum atomic E-state index is -0.462. The Hall–Kier alpha value is -1.10. The van der Waals surface area contributed by atoms with Crippen LogP contribution in [0.3, 0.4) is 0 Å². The van der Waals surface area contributed by atoms with E-state index in [1.807, 2.05) is 37.3 Å². The molecule has 0 heterocycles. The van der Waals surface area contributed by atoms with E-state index >= 15 is 0 Å². The lowest BCUT2D eigenvalue weighted by molar-refractivity contribution is 0.0951. The smallest absolute Gasteiger partial charge is 0.119 e. The van der Waals surface area contributed by atoms with Gasteiger partial charge in [-0.05, 0) is 38.3 Å². The first kappa shape index (κ1) is 16.0. The maximum Gasteiger partial charge on any atom is 0.119 e. The average Bonchev–Trinajstić information content (AvgIpc) is 2.43. The topological polar surface area (TPSA) is 64.7 Å². The van der Waals surface area contributed by atoms with E-state index in [2.05, 4.69) is 0 Å². The molecule has 1 aromatic rings. The molecule has 108 valence electrons. The molecule has 1 rings (SSSR count). The van der Waals surface area contributed by atoms with Gasteiger partial charge in [-0.3, -0.25) is 0 Å². The number of aliphatic hydroxyl groups excluding tert-OH is 1. The number of aliphatic hydroxyl groups is 1. The summed E-state index contributed by atoms with van der Waals surface area (Å²) in [6.07, 6.45) is 2.73. The predicted octanol–water partition coefficient (Wildman–Crippen LogP) is 1.96. The number of nitrogens with two attached hydrogens (primary N) is 1. The van der Waals surface area contributed by atoms with Crippen LogP contribution in [0.5, 0.6) is 5.75 Å². The fraction of sp³-hybridized carbons (Fsp3) is 0.600. The van der Waals surface area contributed by atoms with Crippen LogP contribution in [0.2, 0.25) is 0 Å². The lowest BCUT2D eigenvalue weighted by atomic mass is 9.97. The number of hydrogen-bond donors (Lipinski definition) is 2. The average molecular weight is 267 g/mol. The van der Waals surface area contributed by atoms with Crippen molar-refractivity contribution in [1.82, 2.24) is 0 Å². The number of para-hydroxylation sites is 1. The third kappa shape index (κ3) is 7.82. The van der Waals surface area contributed by atoms with Gasteiger partial charge in [-0.1, -0.05) is 18.2 Å². The van der Waals surface area contributed by atoms with Crippen molar-refractivity contribution in [1.29, 1.82) is 0 Å². The summed E-state index contributed by atoms with van der Waals surface area (Å²) < 4.78 is 11.0. The highest BCUT2D eigenvalue weighted by Gasteiger charge is 2.15. The fourth-order valence-corrected chi connectivity index (χ4v) is 1.65. The van der Waals surface area contributed by atoms with Crippen LogP contribution in [0.4, 0.5) is 0 Å². The van der Waals surface area contributed by atoms with Gasteiger partial charge in [-0.15, -0.1) is 0 Å². The van der Waals surface area contributed by atoms with Gasteiger partial charge >= 0.3 is 0 Å². The second-order valence-electron chi connectivity index (χ2n) is 5.04. The number of ether oxygens (including phenoxy) is 2. The van der Waals surface area contributed by atoms with E-state index in [9.17, 15) is 0 Å². The molecule has 1 aromatic carbocycles. The van der Waals surface area contributed by atoms with Crippen molar-refractivity contribution in [2.75, 3.05) is 26.4 Å². The van der Waals surface area contributed by atoms with Crippen molar-refractivity contribution in [3.8, 4) is 5.75 Å². The van der Waals surface area contributed by atoms with E-state index in [1.54, 1.807) is 0 Å². The quantitative estimate of drug-likeness (QED) is 0.636. The molecule has 0 saturated carbocycles. The van der Waals surface area contributed by atoms with E-state index in [1.165, 1.54) is 0 Å². The third-order valence-electron chi connectivity index (χ3n) is 2.89. The number of benzene rings is 1. The zero-order chi connectivity index (χ0) is 14.0. The standard InChI is InChI=1S/C15H25NO3/c1-15(16,13-17)9-5-6-10-18-11-12-19-14-7-3-2-4-8-14/h2-4,7-8,17H,5-6,9-13,16H2,1H3. The Morgan fingerprint density at radius 2 is 1.84 bits per heavy atom. The molecule has 0 spiro atoms. The summed E-state index contributed by atoms with van der Waals surface area (Å²) in [5.41, 5.74) is 5.37. The Labute approximate surface area is 115 Å². The van der Waals surface area contributed by atoms with Crippen LogP contribution < -0.4 is 10.5 Å². The SMILES string of the molecule is CC(N)(CO)CCCCOCCOc1ccccc1. The molecule has 0 aliphatic heterocycles. The van der Waals surface area contributed by atoms with Gasteiger partial charge in [0.25, 0.3) is 0 Å². The number of rotatable bonds is 10. The molecular formula is C15H25NO3. The zero-order valence-corrected chi connectivity index (χ0v) is 11.7. The Morgan fingerprint density at radius 1 is 1.11 bits per heavy atom. The van der Waals surface area contributed by atoms with Crippen LogP contribution in [0, 0.1) is 0 Å². The highest BCUT2D eigenvalue weighted by molar-refractivity contribution is 5.20. The highest BCUT2D eigenvalue weighted by Crippen LogP contribution is 2.10. The Bertz CT molecular complexity index is 327. The molecule has 0 aromatic heterocycles. The van der Waals surface area contributed by atoms with Gasteiger partial charge in [0, 0.05) is 12.1 Å². The maximum atomic E-state index is 9.00. The number of hydrogen-bond acceptors (Lipinski definition) is 4. The molecule has 0 saturated heterocycles. The summed E-state index contributed by atoms with van der Waals surface area (Å²) in [6.45, 7) is 3.75. The molecule has 4 nitrogen and oxygen atoms in total. The van der Waals surface area contributed by atoms with Crippen molar-refractivity contribution < 1.29 is 14.6 Å². The lowest BCUT2D eigenvalue weighted by Crippen LogP contribution is -2.39. The molecule has 1 atom stereocenters. The minimum Gasteiger partial charge on any atom is -0.491 e. The van der Waals surface area contributed by atoms with Crippen molar-refractivity contribution in [2.24, 2.45) is 5.73 Å². The van der Waals surface area contributed by atoms with Crippen LogP contribution in [-0.2, 0) is 4.74 Å². The van der Waals surface area contributed by atoms with Crippen molar-refractivity contribution in [3.05, 3.63) is 30.3 Å². The first-order chi connectivity index (χ1) is 9.14. The molecule has 0 amide bonds. The summed E-state index contributed by atoms with van der Waals surface area (Å²) in [6, 6.07) is 9.71. The van der Waals surface area contributed by atoms with E-state index in [0.717, 1.165) is 25.0 Å². The third-order valence-corrected chi connectivity index (χ3v) is 2.89. The molecule has 0 radical (unpaired) electrons. The van der Waals surface area contributed by atoms with Gasteiger partial charge in [0.05, 0.1) is 13.2 Å². The fourth-order valence-electron chi connectivity index (χ4n) is 1.65. The largest absolute Gasteiger partial charge is 0.491 e. The Kier molecular flexibility index (Phi) is 7.48. The van der Waals surface area contributed by atoms with E-state index in [-0.39, 0.29) is 6.61 Å². The first-order valence-electron chi connectivity index (χ1n) is 6.79. The summed E-state index contributed by atoms with van der Waals surface area (Å²) in [5.74, 6) is 0.868. The van der Waals surface area contributed by atoms with E-state index in [0.29, 0.717) is 19.8 Å². The summed E-state index contributed by atoms with van der Waals surface area (Å²) in [7, 11) is 0. The predicted molar refractivity (Wildman–Crippen MR) is 76.3 cm³/mol. The monoisotopic (exact) mass is 267 g/mol. The molecular weight excluding hydrogens is 242 g/mol. The molecule has 3 N–H and O–H groups in total. The van der Waals surface area contributed by atoms with E-state index < -0.39 is 5.54 Å². The molecule has 19 heavy (non-hydrogen) atoms. The first-order valence-corrected chi connectivity index (χ1v) is 6.79. The van der Waals surface area contributed by atoms with E-state index in [4.69, 9.17) is 20.3 Å². The Balaban J connectivity index is 1.92. The second kappa shape index (κ2) is 8.91. The summed E-state index contributed by atoms with van der Waals surface area (Å²) in [5, 5.41) is 9.00. The van der Waals surface area contributed by atoms with Gasteiger partial charge < -0.3 is 20.3 Å². The van der Waals surface area contributed by atoms with Crippen molar-refractivity contribution in [2.45, 2.75) is 31.7 Å². The van der Waals surface area contributed by atoms with Gasteiger partial charge in [0.15, 0.2) is 0 Å². The highest BCUT2D eigenvalue weighted by atomic mass is 16.5. The summed E-state index contributed by atoms with van der Waals surface area (Å²) >= 11 is 0. The number of unbranched alkanes of at least 4 members (excludes halogenated alkanes) is 1. The van der Waals surface area contributed by atoms with Gasteiger partial charge in [-0.2, -0.15) is 0 Å². The lowest BCUT2D eigenvalue weighted by Gasteiger charge is -2.21. The van der Waals surface area contributed by atoms with Crippen molar-refractivity contribution >= 4 is 0 Å². The minimum absolute atomic E-state index is 0.0266. The normalized spacial score (nSPS) is 14.1. The van der Waals surface area contributed by atoms with Crippen LogP contribution in [0.15, 0.2) is 30.3 Å². The van der Waals surface area contributed by atoms with Crippen molar-refractivity contribution in [3.63, 3.8) is 0 Å². The molecule has 0 aliphatic rings. The maximum absolute atomic E-state index is 9.00. The molecule has 0 fully saturated rings. The van der Waals surface area contributed by atoms with Crippen LogP contribution in [-0.4, -0.2) is 37.1 Å². The zero-order valence-electron chi connectivity index (χ0n) is 11.7. The van der Waals surface area contributed by atoms with Crippen LogP contribution >= 0.6 is 0 Å². The van der Waals surface area contributed by atoms with Gasteiger partial charge in [-0.25, -0.2) is 0 Å².